The van der Waals surface area contributed by atoms with E-state index in [2.05, 4.69) is 91.0 Å². The molecule has 0 heteroatoms. The van der Waals surface area contributed by atoms with Gasteiger partial charge in [-0.1, -0.05) is 91.0 Å². The SMILES string of the molecule is C(=C/c1c2ccccc2cc2ccccc12)/c1ccccc1. The van der Waals surface area contributed by atoms with Crippen LogP contribution in [0.25, 0.3) is 33.7 Å². The third-order valence-electron chi connectivity index (χ3n) is 4.05. The van der Waals surface area contributed by atoms with E-state index in [4.69, 9.17) is 0 Å². The van der Waals surface area contributed by atoms with E-state index in [1.165, 1.54) is 32.7 Å². The fourth-order valence-corrected chi connectivity index (χ4v) is 2.97. The fraction of sp³-hybridized carbons (Fsp3) is 0. The molecule has 0 saturated carbocycles. The van der Waals surface area contributed by atoms with Crippen LogP contribution >= 0.6 is 0 Å². The molecule has 4 rings (SSSR count). The Morgan fingerprint density at radius 2 is 1.05 bits per heavy atom. The standard InChI is InChI=1S/C22H16/c1-2-8-17(9-3-1)14-15-22-20-12-6-4-10-18(20)16-19-11-5-7-13-21(19)22/h1-16H/b15-14-. The van der Waals surface area contributed by atoms with Gasteiger partial charge >= 0.3 is 0 Å². The van der Waals surface area contributed by atoms with Gasteiger partial charge in [0.2, 0.25) is 0 Å². The second kappa shape index (κ2) is 5.50. The van der Waals surface area contributed by atoms with Gasteiger partial charge in [-0.2, -0.15) is 0 Å². The quantitative estimate of drug-likeness (QED) is 0.304. The molecule has 4 aromatic carbocycles. The molecule has 0 nitrogen and oxygen atoms in total. The van der Waals surface area contributed by atoms with Crippen molar-refractivity contribution < 1.29 is 0 Å². The van der Waals surface area contributed by atoms with Gasteiger partial charge in [0.1, 0.15) is 0 Å². The van der Waals surface area contributed by atoms with Crippen molar-refractivity contribution in [3.8, 4) is 0 Å². The van der Waals surface area contributed by atoms with Gasteiger partial charge in [-0.05, 0) is 38.7 Å². The third kappa shape index (κ3) is 2.29. The van der Waals surface area contributed by atoms with Crippen molar-refractivity contribution in [3.05, 3.63) is 96.1 Å². The van der Waals surface area contributed by atoms with E-state index in [0.29, 0.717) is 0 Å². The summed E-state index contributed by atoms with van der Waals surface area (Å²) in [6.45, 7) is 0. The van der Waals surface area contributed by atoms with Crippen LogP contribution < -0.4 is 0 Å². The molecule has 0 bridgehead atoms. The van der Waals surface area contributed by atoms with Crippen LogP contribution in [0, 0.1) is 0 Å². The first-order chi connectivity index (χ1) is 10.9. The number of fused-ring (bicyclic) bond motifs is 2. The van der Waals surface area contributed by atoms with Crippen molar-refractivity contribution in [3.63, 3.8) is 0 Å². The molecule has 0 saturated heterocycles. The molecule has 0 atom stereocenters. The lowest BCUT2D eigenvalue weighted by Gasteiger charge is -2.08. The van der Waals surface area contributed by atoms with E-state index in [-0.39, 0.29) is 0 Å². The highest BCUT2D eigenvalue weighted by Crippen LogP contribution is 2.29. The van der Waals surface area contributed by atoms with Gasteiger partial charge in [0, 0.05) is 0 Å². The Kier molecular flexibility index (Phi) is 3.21. The summed E-state index contributed by atoms with van der Waals surface area (Å²) in [7, 11) is 0. The highest BCUT2D eigenvalue weighted by molar-refractivity contribution is 6.07. The van der Waals surface area contributed by atoms with Crippen LogP contribution in [0.5, 0.6) is 0 Å². The average Bonchev–Trinajstić information content (AvgIpc) is 2.59. The van der Waals surface area contributed by atoms with Crippen molar-refractivity contribution in [2.75, 3.05) is 0 Å². The average molecular weight is 280 g/mol. The van der Waals surface area contributed by atoms with Crippen LogP contribution in [0.15, 0.2) is 84.9 Å². The molecule has 0 spiro atoms. The van der Waals surface area contributed by atoms with Crippen molar-refractivity contribution >= 4 is 33.7 Å². The summed E-state index contributed by atoms with van der Waals surface area (Å²) < 4.78 is 0. The smallest absolute Gasteiger partial charge is 0.00992 e. The summed E-state index contributed by atoms with van der Waals surface area (Å²) in [6.07, 6.45) is 4.42. The highest BCUT2D eigenvalue weighted by Gasteiger charge is 2.04. The van der Waals surface area contributed by atoms with Crippen molar-refractivity contribution in [1.29, 1.82) is 0 Å². The molecular weight excluding hydrogens is 264 g/mol. The molecule has 0 amide bonds. The summed E-state index contributed by atoms with van der Waals surface area (Å²) in [5.41, 5.74) is 2.51. The minimum atomic E-state index is 1.22. The molecule has 0 aliphatic rings. The Hall–Kier alpha value is -2.86. The number of hydrogen-bond acceptors (Lipinski definition) is 0. The van der Waals surface area contributed by atoms with Crippen LogP contribution in [-0.2, 0) is 0 Å². The molecule has 0 heterocycles. The van der Waals surface area contributed by atoms with Crippen molar-refractivity contribution in [2.45, 2.75) is 0 Å². The number of benzene rings is 4. The van der Waals surface area contributed by atoms with Crippen LogP contribution in [0.2, 0.25) is 0 Å². The van der Waals surface area contributed by atoms with E-state index < -0.39 is 0 Å². The van der Waals surface area contributed by atoms with Crippen molar-refractivity contribution in [1.82, 2.24) is 0 Å². The van der Waals surface area contributed by atoms with E-state index in [1.54, 1.807) is 0 Å². The summed E-state index contributed by atoms with van der Waals surface area (Å²) in [4.78, 5) is 0. The maximum Gasteiger partial charge on any atom is -0.00992 e. The molecule has 0 radical (unpaired) electrons. The Labute approximate surface area is 130 Å². The van der Waals surface area contributed by atoms with Gasteiger partial charge in [0.25, 0.3) is 0 Å². The van der Waals surface area contributed by atoms with Crippen LogP contribution in [0.4, 0.5) is 0 Å². The number of rotatable bonds is 2. The molecule has 0 unspecified atom stereocenters. The fourth-order valence-electron chi connectivity index (χ4n) is 2.97. The second-order valence-electron chi connectivity index (χ2n) is 5.48. The summed E-state index contributed by atoms with van der Waals surface area (Å²) in [6, 6.07) is 29.9. The summed E-state index contributed by atoms with van der Waals surface area (Å²) in [5, 5.41) is 5.17. The Morgan fingerprint density at radius 1 is 0.500 bits per heavy atom. The van der Waals surface area contributed by atoms with E-state index >= 15 is 0 Å². The molecule has 0 N–H and O–H groups in total. The summed E-state index contributed by atoms with van der Waals surface area (Å²) >= 11 is 0. The zero-order valence-corrected chi connectivity index (χ0v) is 12.2. The maximum absolute atomic E-state index is 2.27. The van der Waals surface area contributed by atoms with Crippen LogP contribution in [0.1, 0.15) is 11.1 Å². The predicted molar refractivity (Wildman–Crippen MR) is 96.8 cm³/mol. The monoisotopic (exact) mass is 280 g/mol. The zero-order chi connectivity index (χ0) is 14.8. The minimum absolute atomic E-state index is 1.22. The number of hydrogen-bond donors (Lipinski definition) is 0. The van der Waals surface area contributed by atoms with Gasteiger partial charge in [-0.25, -0.2) is 0 Å². The molecule has 22 heavy (non-hydrogen) atoms. The first-order valence-corrected chi connectivity index (χ1v) is 7.55. The lowest BCUT2D eigenvalue weighted by Crippen LogP contribution is -1.83. The molecule has 0 aliphatic heterocycles. The van der Waals surface area contributed by atoms with Gasteiger partial charge in [-0.3, -0.25) is 0 Å². The van der Waals surface area contributed by atoms with Crippen LogP contribution in [-0.4, -0.2) is 0 Å². The maximum atomic E-state index is 2.27. The first kappa shape index (κ1) is 12.8. The van der Waals surface area contributed by atoms with E-state index in [1.807, 2.05) is 6.07 Å². The van der Waals surface area contributed by atoms with E-state index in [0.717, 1.165) is 0 Å². The normalized spacial score (nSPS) is 11.5. The zero-order valence-electron chi connectivity index (χ0n) is 12.2. The largest absolute Gasteiger partial charge is 0.0622 e. The summed E-state index contributed by atoms with van der Waals surface area (Å²) in [5.74, 6) is 0. The van der Waals surface area contributed by atoms with Crippen molar-refractivity contribution in [2.24, 2.45) is 0 Å². The molecule has 104 valence electrons. The lowest BCUT2D eigenvalue weighted by molar-refractivity contribution is 1.66. The van der Waals surface area contributed by atoms with Gasteiger partial charge < -0.3 is 0 Å². The van der Waals surface area contributed by atoms with E-state index in [9.17, 15) is 0 Å². The lowest BCUT2D eigenvalue weighted by atomic mass is 9.96. The highest BCUT2D eigenvalue weighted by atomic mass is 14.1. The van der Waals surface area contributed by atoms with Crippen LogP contribution in [0.3, 0.4) is 0 Å². The van der Waals surface area contributed by atoms with Gasteiger partial charge in [0.15, 0.2) is 0 Å². The topological polar surface area (TPSA) is 0 Å². The second-order valence-corrected chi connectivity index (χ2v) is 5.48. The Morgan fingerprint density at radius 3 is 1.68 bits per heavy atom. The Bertz CT molecular complexity index is 909. The molecule has 0 aliphatic carbocycles. The molecule has 0 fully saturated rings. The van der Waals surface area contributed by atoms with Gasteiger partial charge in [-0.15, -0.1) is 0 Å². The molecular formula is C22H16. The minimum Gasteiger partial charge on any atom is -0.0622 e. The third-order valence-corrected chi connectivity index (χ3v) is 4.05. The van der Waals surface area contributed by atoms with Gasteiger partial charge in [0.05, 0.1) is 0 Å². The molecule has 0 aromatic heterocycles. The molecule has 4 aromatic rings. The predicted octanol–water partition coefficient (Wildman–Crippen LogP) is 6.16. The first-order valence-electron chi connectivity index (χ1n) is 7.55. The Balaban J connectivity index is 1.98.